The Morgan fingerprint density at radius 1 is 0.731 bits per heavy atom. The normalized spacial score (nSPS) is 11.0. The smallest absolute Gasteiger partial charge is 0.292 e. The summed E-state index contributed by atoms with van der Waals surface area (Å²) in [6.45, 7) is 22.0. The van der Waals surface area contributed by atoms with Gasteiger partial charge in [-0.2, -0.15) is 5.56 Å². The van der Waals surface area contributed by atoms with Crippen molar-refractivity contribution in [2.45, 2.75) is 65.4 Å². The molecule has 1 radical (unpaired) electrons. The van der Waals surface area contributed by atoms with E-state index >= 15 is 0 Å². The van der Waals surface area contributed by atoms with Crippen LogP contribution in [0.2, 0.25) is 0 Å². The largest absolute Gasteiger partial charge is 1.00 e. The quantitative estimate of drug-likeness (QED) is 0.259. The average molecular weight is 456 g/mol. The van der Waals surface area contributed by atoms with Crippen LogP contribution in [0.3, 0.4) is 0 Å². The van der Waals surface area contributed by atoms with E-state index in [-0.39, 0.29) is 19.5 Å². The summed E-state index contributed by atoms with van der Waals surface area (Å²) >= 11 is 0. The first kappa shape index (κ1) is 25.2. The number of rotatable bonds is 5. The first-order valence-electron chi connectivity index (χ1n) is 9.32. The van der Waals surface area contributed by atoms with E-state index in [0.717, 1.165) is 22.5 Å². The predicted octanol–water partition coefficient (Wildman–Crippen LogP) is 6.99. The van der Waals surface area contributed by atoms with Crippen LogP contribution in [0.15, 0.2) is 54.6 Å². The Balaban J connectivity index is 0.000000583. The molecule has 0 bridgehead atoms. The molecule has 0 amide bonds. The third-order valence-electron chi connectivity index (χ3n) is 5.09. The molecule has 143 valence electrons. The van der Waals surface area contributed by atoms with Crippen molar-refractivity contribution in [2.24, 2.45) is 0 Å². The van der Waals surface area contributed by atoms with E-state index in [1.54, 1.807) is 11.4 Å². The molecule has 0 atom stereocenters. The molecule has 0 spiro atoms. The molecule has 0 aliphatic rings. The van der Waals surface area contributed by atoms with E-state index < -0.39 is 7.26 Å². The summed E-state index contributed by atoms with van der Waals surface area (Å²) in [5.41, 5.74) is 4.85. The molecule has 0 aliphatic carbocycles. The molecule has 0 fully saturated rings. The Kier molecular flexibility index (Phi) is 11.5. The van der Waals surface area contributed by atoms with Crippen LogP contribution in [0.1, 0.15) is 52.7 Å². The second kappa shape index (κ2) is 11.8. The van der Waals surface area contributed by atoms with Crippen LogP contribution in [0.25, 0.3) is 6.08 Å². The Bertz CT molecular complexity index is 622. The van der Waals surface area contributed by atoms with E-state index in [1.165, 1.54) is 5.56 Å². The fraction of sp³-hybridized carbons (Fsp3) is 0.417. The fourth-order valence-electron chi connectivity index (χ4n) is 4.19. The average Bonchev–Trinajstić information content (AvgIpc) is 2.57. The zero-order valence-corrected chi connectivity index (χ0v) is 20.0. The van der Waals surface area contributed by atoms with Gasteiger partial charge in [-0.15, -0.1) is 12.1 Å². The second-order valence-electron chi connectivity index (χ2n) is 7.48. The third kappa shape index (κ3) is 5.87. The molecule has 0 nitrogen and oxygen atoms in total. The maximum atomic E-state index is 5.22. The minimum Gasteiger partial charge on any atom is -0.292 e. The summed E-state index contributed by atoms with van der Waals surface area (Å²) in [6.07, 6.45) is 1.58. The van der Waals surface area contributed by atoms with Crippen LogP contribution in [0, 0.1) is 13.5 Å². The standard InChI is InChI=1S/C16H28P.C8H7.Ru/c1-12(2)17(13(3)4,14(5)6)16-11-9-8-10-15(16)7;1-2-8-6-4-3-5-7-8;/h8-14H,1-7H3;1-7H;/q+1;-1;+1. The topological polar surface area (TPSA) is 0 Å². The SMILES string of the molecule is Cc1ccccc1[P+](C(C)C)(C(C)C)C(C)C.[CH-]=Cc1ccccc1.[Ru+]. The van der Waals surface area contributed by atoms with Gasteiger partial charge in [-0.3, -0.25) is 6.58 Å². The molecule has 0 aromatic heterocycles. The van der Waals surface area contributed by atoms with Gasteiger partial charge >= 0.3 is 19.5 Å². The molecule has 0 unspecified atom stereocenters. The number of aryl methyl sites for hydroxylation is 1. The summed E-state index contributed by atoms with van der Waals surface area (Å²) in [7, 11) is -1.10. The number of hydrogen-bond donors (Lipinski definition) is 0. The monoisotopic (exact) mass is 456 g/mol. The van der Waals surface area contributed by atoms with Crippen LogP contribution in [-0.2, 0) is 19.5 Å². The van der Waals surface area contributed by atoms with Crippen molar-refractivity contribution in [3.8, 4) is 0 Å². The van der Waals surface area contributed by atoms with E-state index in [9.17, 15) is 0 Å². The molecular weight excluding hydrogens is 420 g/mol. The molecule has 0 aliphatic heterocycles. The van der Waals surface area contributed by atoms with Crippen LogP contribution < -0.4 is 5.30 Å². The Morgan fingerprint density at radius 2 is 1.15 bits per heavy atom. The molecule has 2 heteroatoms. The zero-order valence-electron chi connectivity index (χ0n) is 17.4. The molecule has 0 saturated heterocycles. The van der Waals surface area contributed by atoms with Crippen molar-refractivity contribution in [3.63, 3.8) is 0 Å². The first-order valence-corrected chi connectivity index (χ1v) is 11.3. The maximum Gasteiger partial charge on any atom is 1.00 e. The summed E-state index contributed by atoms with van der Waals surface area (Å²) in [5, 5.41) is 1.65. The molecule has 2 aromatic rings. The van der Waals surface area contributed by atoms with Gasteiger partial charge in [-0.1, -0.05) is 36.4 Å². The van der Waals surface area contributed by atoms with E-state index in [4.69, 9.17) is 6.58 Å². The van der Waals surface area contributed by atoms with Gasteiger partial charge in [0.2, 0.25) is 0 Å². The first-order chi connectivity index (χ1) is 11.8. The Labute approximate surface area is 175 Å². The minimum absolute atomic E-state index is 0. The summed E-state index contributed by atoms with van der Waals surface area (Å²) in [4.78, 5) is 0. The molecule has 26 heavy (non-hydrogen) atoms. The minimum atomic E-state index is -1.10. The number of hydrogen-bond acceptors (Lipinski definition) is 0. The van der Waals surface area contributed by atoms with Gasteiger partial charge in [0.25, 0.3) is 0 Å². The number of benzene rings is 2. The summed E-state index contributed by atoms with van der Waals surface area (Å²) < 4.78 is 0. The van der Waals surface area contributed by atoms with Gasteiger partial charge < -0.3 is 0 Å². The van der Waals surface area contributed by atoms with Gasteiger partial charge in [0, 0.05) is 0 Å². The van der Waals surface area contributed by atoms with E-state index in [0.29, 0.717) is 0 Å². The second-order valence-corrected chi connectivity index (χ2v) is 12.7. The molecule has 2 rings (SSSR count). The molecular formula is C24H35PRu+. The van der Waals surface area contributed by atoms with Crippen molar-refractivity contribution < 1.29 is 19.5 Å². The van der Waals surface area contributed by atoms with Gasteiger partial charge in [0.05, 0.1) is 29.5 Å². The maximum absolute atomic E-state index is 5.22. The zero-order chi connectivity index (χ0) is 19.0. The summed E-state index contributed by atoms with van der Waals surface area (Å²) in [6, 6.07) is 18.8. The van der Waals surface area contributed by atoms with Crippen LogP contribution >= 0.6 is 7.26 Å². The molecule has 2 aromatic carbocycles. The van der Waals surface area contributed by atoms with Crippen molar-refractivity contribution in [1.29, 1.82) is 0 Å². The van der Waals surface area contributed by atoms with Crippen molar-refractivity contribution in [1.82, 2.24) is 0 Å². The van der Waals surface area contributed by atoms with Crippen LogP contribution in [-0.4, -0.2) is 17.0 Å². The van der Waals surface area contributed by atoms with Crippen molar-refractivity contribution >= 4 is 18.6 Å². The molecule has 0 N–H and O–H groups in total. The Hall–Kier alpha value is -0.767. The van der Waals surface area contributed by atoms with Crippen molar-refractivity contribution in [3.05, 3.63) is 72.3 Å². The fourth-order valence-corrected chi connectivity index (χ4v) is 10.5. The van der Waals surface area contributed by atoms with Gasteiger partial charge in [0.1, 0.15) is 0 Å². The van der Waals surface area contributed by atoms with Gasteiger partial charge in [-0.25, -0.2) is 6.08 Å². The third-order valence-corrected chi connectivity index (χ3v) is 11.6. The molecule has 0 heterocycles. The van der Waals surface area contributed by atoms with Crippen molar-refractivity contribution in [2.75, 3.05) is 0 Å². The summed E-state index contributed by atoms with van der Waals surface area (Å²) in [5.74, 6) is 0. The van der Waals surface area contributed by atoms with E-state index in [1.807, 2.05) is 30.3 Å². The Morgan fingerprint density at radius 3 is 1.50 bits per heavy atom. The predicted molar refractivity (Wildman–Crippen MR) is 118 cm³/mol. The van der Waals surface area contributed by atoms with Crippen LogP contribution in [0.4, 0.5) is 0 Å². The van der Waals surface area contributed by atoms with Crippen LogP contribution in [0.5, 0.6) is 0 Å². The van der Waals surface area contributed by atoms with E-state index in [2.05, 4.69) is 72.7 Å². The molecule has 0 saturated carbocycles. The van der Waals surface area contributed by atoms with Gasteiger partial charge in [-0.05, 0) is 60.1 Å². The van der Waals surface area contributed by atoms with Gasteiger partial charge in [0.15, 0.2) is 0 Å².